The van der Waals surface area contributed by atoms with Crippen molar-refractivity contribution in [2.24, 2.45) is 0 Å². The van der Waals surface area contributed by atoms with Gasteiger partial charge < -0.3 is 10.3 Å². The smallest absolute Gasteiger partial charge is 0.300 e. The average Bonchev–Trinajstić information content (AvgIpc) is 3.05. The third-order valence-corrected chi connectivity index (χ3v) is 4.84. The molecule has 0 aliphatic rings. The second kappa shape index (κ2) is 6.89. The molecule has 7 heteroatoms. The molecule has 0 atom stereocenters. The number of hydrogen-bond donors (Lipinski definition) is 2. The van der Waals surface area contributed by atoms with Crippen LogP contribution < -0.4 is 10.9 Å². The van der Waals surface area contributed by atoms with Crippen molar-refractivity contribution in [3.8, 4) is 0 Å². The quantitative estimate of drug-likeness (QED) is 0.557. The number of fused-ring (bicyclic) bond motifs is 1. The molecule has 0 bridgehead atoms. The highest BCUT2D eigenvalue weighted by molar-refractivity contribution is 6.31. The van der Waals surface area contributed by atoms with Gasteiger partial charge in [0.25, 0.3) is 0 Å². The van der Waals surface area contributed by atoms with Crippen LogP contribution in [0.15, 0.2) is 53.3 Å². The van der Waals surface area contributed by atoms with E-state index in [-0.39, 0.29) is 5.56 Å². The minimum absolute atomic E-state index is 0.350. The van der Waals surface area contributed by atoms with E-state index in [1.54, 1.807) is 0 Å². The van der Waals surface area contributed by atoms with Crippen molar-refractivity contribution in [1.29, 1.82) is 0 Å². The second-order valence-corrected chi connectivity index (χ2v) is 6.78. The fraction of sp³-hybridized carbons (Fsp3) is 0.150. The molecular formula is C20H18ClN5O. The summed E-state index contributed by atoms with van der Waals surface area (Å²) in [5, 5.41) is 3.90. The van der Waals surface area contributed by atoms with Crippen molar-refractivity contribution < 1.29 is 0 Å². The SMILES string of the molecule is Cc1nc2c([nH]1)c(=O)nc(Nc1cccc(Cl)c1C)n2Cc1ccccc1. The van der Waals surface area contributed by atoms with E-state index >= 15 is 0 Å². The third kappa shape index (κ3) is 3.31. The van der Waals surface area contributed by atoms with Gasteiger partial charge in [-0.25, -0.2) is 4.98 Å². The summed E-state index contributed by atoms with van der Waals surface area (Å²) in [6, 6.07) is 15.6. The first-order valence-electron chi connectivity index (χ1n) is 8.56. The maximum Gasteiger partial charge on any atom is 0.300 e. The molecule has 2 aromatic carbocycles. The van der Waals surface area contributed by atoms with Gasteiger partial charge in [-0.3, -0.25) is 9.36 Å². The highest BCUT2D eigenvalue weighted by atomic mass is 35.5. The summed E-state index contributed by atoms with van der Waals surface area (Å²) >= 11 is 6.23. The van der Waals surface area contributed by atoms with Crippen LogP contribution >= 0.6 is 11.6 Å². The Morgan fingerprint density at radius 1 is 1.07 bits per heavy atom. The lowest BCUT2D eigenvalue weighted by atomic mass is 10.2. The van der Waals surface area contributed by atoms with Gasteiger partial charge in [0.15, 0.2) is 11.2 Å². The molecule has 0 spiro atoms. The standard InChI is InChI=1S/C20H18ClN5O/c1-12-15(21)9-6-10-16(12)24-20-25-19(27)17-18(23-13(2)22-17)26(20)11-14-7-4-3-5-8-14/h3-10H,11H2,1-2H3,(H,22,23)(H,24,25,27). The van der Waals surface area contributed by atoms with Gasteiger partial charge in [0, 0.05) is 10.7 Å². The zero-order chi connectivity index (χ0) is 19.0. The molecule has 4 rings (SSSR count). The number of aryl methyl sites for hydroxylation is 1. The Kier molecular flexibility index (Phi) is 4.41. The fourth-order valence-corrected chi connectivity index (χ4v) is 3.19. The van der Waals surface area contributed by atoms with E-state index in [4.69, 9.17) is 11.6 Å². The first kappa shape index (κ1) is 17.3. The molecule has 0 saturated heterocycles. The predicted molar refractivity (Wildman–Crippen MR) is 108 cm³/mol. The summed E-state index contributed by atoms with van der Waals surface area (Å²) in [4.78, 5) is 24.3. The van der Waals surface area contributed by atoms with Crippen LogP contribution in [0.3, 0.4) is 0 Å². The van der Waals surface area contributed by atoms with E-state index in [9.17, 15) is 4.79 Å². The lowest BCUT2D eigenvalue weighted by molar-refractivity contribution is 0.800. The molecule has 0 radical (unpaired) electrons. The third-order valence-electron chi connectivity index (χ3n) is 4.43. The van der Waals surface area contributed by atoms with Crippen molar-refractivity contribution >= 4 is 34.4 Å². The molecule has 0 amide bonds. The van der Waals surface area contributed by atoms with E-state index in [1.165, 1.54) is 0 Å². The van der Waals surface area contributed by atoms with Gasteiger partial charge in [-0.15, -0.1) is 0 Å². The second-order valence-electron chi connectivity index (χ2n) is 6.37. The van der Waals surface area contributed by atoms with Gasteiger partial charge in [0.2, 0.25) is 5.95 Å². The first-order chi connectivity index (χ1) is 13.0. The highest BCUT2D eigenvalue weighted by Crippen LogP contribution is 2.26. The van der Waals surface area contributed by atoms with Gasteiger partial charge in [-0.1, -0.05) is 48.0 Å². The summed E-state index contributed by atoms with van der Waals surface area (Å²) in [5.74, 6) is 1.09. The normalized spacial score (nSPS) is 11.1. The van der Waals surface area contributed by atoms with Gasteiger partial charge in [0.05, 0.1) is 6.54 Å². The molecule has 2 aromatic heterocycles. The van der Waals surface area contributed by atoms with E-state index < -0.39 is 0 Å². The van der Waals surface area contributed by atoms with Crippen molar-refractivity contribution in [1.82, 2.24) is 19.5 Å². The van der Waals surface area contributed by atoms with Crippen molar-refractivity contribution in [3.63, 3.8) is 0 Å². The van der Waals surface area contributed by atoms with Crippen LogP contribution in [0.5, 0.6) is 0 Å². The summed E-state index contributed by atoms with van der Waals surface area (Å²) < 4.78 is 1.90. The zero-order valence-electron chi connectivity index (χ0n) is 15.0. The monoisotopic (exact) mass is 379 g/mol. The van der Waals surface area contributed by atoms with E-state index in [1.807, 2.05) is 66.9 Å². The topological polar surface area (TPSA) is 75.6 Å². The van der Waals surface area contributed by atoms with Crippen LogP contribution in [0.4, 0.5) is 11.6 Å². The van der Waals surface area contributed by atoms with Crippen molar-refractivity contribution in [2.45, 2.75) is 20.4 Å². The Balaban J connectivity index is 1.89. The first-order valence-corrected chi connectivity index (χ1v) is 8.94. The molecule has 2 heterocycles. The number of halogens is 1. The Labute approximate surface area is 160 Å². The lowest BCUT2D eigenvalue weighted by Crippen LogP contribution is -2.18. The van der Waals surface area contributed by atoms with Crippen molar-refractivity contribution in [2.75, 3.05) is 5.32 Å². The number of benzene rings is 2. The van der Waals surface area contributed by atoms with Gasteiger partial charge >= 0.3 is 5.56 Å². The predicted octanol–water partition coefficient (Wildman–Crippen LogP) is 4.18. The number of H-pyrrole nitrogens is 1. The lowest BCUT2D eigenvalue weighted by Gasteiger charge is -2.16. The van der Waals surface area contributed by atoms with Crippen LogP contribution in [0, 0.1) is 13.8 Å². The van der Waals surface area contributed by atoms with E-state index in [0.717, 1.165) is 16.8 Å². The maximum absolute atomic E-state index is 12.5. The number of imidazole rings is 1. The average molecular weight is 380 g/mol. The molecule has 6 nitrogen and oxygen atoms in total. The summed E-state index contributed by atoms with van der Waals surface area (Å²) in [5.41, 5.74) is 3.38. The van der Waals surface area contributed by atoms with Crippen LogP contribution in [0.25, 0.3) is 11.2 Å². The van der Waals surface area contributed by atoms with Gasteiger partial charge in [0.1, 0.15) is 5.82 Å². The van der Waals surface area contributed by atoms with Crippen LogP contribution in [0.2, 0.25) is 5.02 Å². The summed E-state index contributed by atoms with van der Waals surface area (Å²) in [7, 11) is 0. The fourth-order valence-electron chi connectivity index (χ4n) is 3.01. The van der Waals surface area contributed by atoms with Gasteiger partial charge in [-0.05, 0) is 37.1 Å². The Hall–Kier alpha value is -3.12. The molecular weight excluding hydrogens is 362 g/mol. The Morgan fingerprint density at radius 2 is 1.85 bits per heavy atom. The maximum atomic E-state index is 12.5. The minimum atomic E-state index is -0.350. The number of aromatic amines is 1. The minimum Gasteiger partial charge on any atom is -0.336 e. The molecule has 136 valence electrons. The number of rotatable bonds is 4. The van der Waals surface area contributed by atoms with Gasteiger partial charge in [-0.2, -0.15) is 4.98 Å². The van der Waals surface area contributed by atoms with E-state index in [2.05, 4.69) is 20.3 Å². The Bertz CT molecular complexity index is 1180. The largest absolute Gasteiger partial charge is 0.336 e. The number of nitrogens with one attached hydrogen (secondary N) is 2. The Morgan fingerprint density at radius 3 is 2.63 bits per heavy atom. The summed E-state index contributed by atoms with van der Waals surface area (Å²) in [6.45, 7) is 4.26. The van der Waals surface area contributed by atoms with Crippen LogP contribution in [-0.4, -0.2) is 19.5 Å². The molecule has 0 saturated carbocycles. The number of anilines is 2. The molecule has 2 N–H and O–H groups in total. The van der Waals surface area contributed by atoms with Crippen LogP contribution in [0.1, 0.15) is 17.0 Å². The number of hydrogen-bond acceptors (Lipinski definition) is 4. The highest BCUT2D eigenvalue weighted by Gasteiger charge is 2.16. The van der Waals surface area contributed by atoms with Crippen molar-refractivity contribution in [3.05, 3.63) is 80.9 Å². The molecule has 0 unspecified atom stereocenters. The van der Waals surface area contributed by atoms with Crippen LogP contribution in [-0.2, 0) is 6.54 Å². The molecule has 0 fully saturated rings. The summed E-state index contributed by atoms with van der Waals surface area (Å²) in [6.07, 6.45) is 0. The molecule has 0 aliphatic heterocycles. The number of aromatic nitrogens is 4. The zero-order valence-corrected chi connectivity index (χ0v) is 15.7. The molecule has 4 aromatic rings. The van der Waals surface area contributed by atoms with E-state index in [0.29, 0.717) is 34.5 Å². The molecule has 0 aliphatic carbocycles. The number of nitrogens with zero attached hydrogens (tertiary/aromatic N) is 3. The molecule has 27 heavy (non-hydrogen) atoms.